The molecule has 1 amide bonds. The van der Waals surface area contributed by atoms with Gasteiger partial charge in [0.25, 0.3) is 0 Å². The van der Waals surface area contributed by atoms with Crippen molar-refractivity contribution in [2.24, 2.45) is 0 Å². The first-order chi connectivity index (χ1) is 16.2. The van der Waals surface area contributed by atoms with Gasteiger partial charge in [0.05, 0.1) is 23.0 Å². The molecule has 0 bridgehead atoms. The summed E-state index contributed by atoms with van der Waals surface area (Å²) in [7, 11) is 0. The van der Waals surface area contributed by atoms with Crippen LogP contribution < -0.4 is 5.32 Å². The van der Waals surface area contributed by atoms with Gasteiger partial charge in [-0.1, -0.05) is 54.6 Å². The van der Waals surface area contributed by atoms with Gasteiger partial charge in [0, 0.05) is 5.56 Å². The Morgan fingerprint density at radius 3 is 2.35 bits per heavy atom. The Balaban J connectivity index is 1.52. The molecule has 5 rings (SSSR count). The third-order valence-electron chi connectivity index (χ3n) is 6.23. The van der Waals surface area contributed by atoms with Crippen molar-refractivity contribution in [1.29, 1.82) is 0 Å². The predicted octanol–water partition coefficient (Wildman–Crippen LogP) is 6.77. The maximum atomic E-state index is 12.5. The van der Waals surface area contributed by atoms with Crippen molar-refractivity contribution in [3.63, 3.8) is 0 Å². The van der Waals surface area contributed by atoms with Gasteiger partial charge in [-0.05, 0) is 58.1 Å². The Bertz CT molecular complexity index is 1330. The van der Waals surface area contributed by atoms with E-state index >= 15 is 0 Å². The molecule has 6 heteroatoms. The van der Waals surface area contributed by atoms with Crippen LogP contribution in [0.1, 0.15) is 51.3 Å². The minimum absolute atomic E-state index is 0.382. The van der Waals surface area contributed by atoms with Gasteiger partial charge in [-0.25, -0.2) is 14.8 Å². The molecule has 1 saturated carbocycles. The van der Waals surface area contributed by atoms with Gasteiger partial charge in [0.2, 0.25) is 5.71 Å². The zero-order chi connectivity index (χ0) is 23.9. The number of alkyl carbamates (subject to hydrolysis) is 1. The van der Waals surface area contributed by atoms with Crippen LogP contribution in [0.5, 0.6) is 0 Å². The lowest BCUT2D eigenvalue weighted by Gasteiger charge is -2.43. The Labute approximate surface area is 199 Å². The van der Waals surface area contributed by atoms with Gasteiger partial charge in [-0.3, -0.25) is 0 Å². The number of aryl methyl sites for hydroxylation is 1. The van der Waals surface area contributed by atoms with Crippen LogP contribution in [0.3, 0.4) is 0 Å². The fourth-order valence-corrected chi connectivity index (χ4v) is 4.49. The highest BCUT2D eigenvalue weighted by atomic mass is 16.6. The second kappa shape index (κ2) is 8.28. The summed E-state index contributed by atoms with van der Waals surface area (Å²) in [5.74, 6) is 0.737. The molecule has 1 N–H and O–H groups in total. The summed E-state index contributed by atoms with van der Waals surface area (Å²) in [6.07, 6.45) is 4.18. The van der Waals surface area contributed by atoms with E-state index in [-0.39, 0.29) is 6.09 Å². The molecule has 6 nitrogen and oxygen atoms in total. The minimum Gasteiger partial charge on any atom is -0.444 e. The van der Waals surface area contributed by atoms with Crippen molar-refractivity contribution in [2.45, 2.75) is 58.1 Å². The minimum atomic E-state index is -0.533. The number of furan rings is 1. The van der Waals surface area contributed by atoms with Crippen LogP contribution in [0, 0.1) is 6.92 Å². The maximum Gasteiger partial charge on any atom is 0.408 e. The molecule has 2 heterocycles. The summed E-state index contributed by atoms with van der Waals surface area (Å²) >= 11 is 0. The molecule has 4 aromatic rings. The molecule has 174 valence electrons. The quantitative estimate of drug-likeness (QED) is 0.367. The largest absolute Gasteiger partial charge is 0.444 e. The number of rotatable bonds is 4. The lowest BCUT2D eigenvalue weighted by Crippen LogP contribution is -2.52. The first-order valence-corrected chi connectivity index (χ1v) is 11.7. The summed E-state index contributed by atoms with van der Waals surface area (Å²) in [5.41, 5.74) is 5.16. The van der Waals surface area contributed by atoms with Crippen LogP contribution in [0.15, 0.2) is 65.2 Å². The standard InChI is InChI=1S/C28H29N3O3/c1-18-17-29-25-23(30-18)22(19-9-6-5-7-10-19)24(33-25)20-11-13-21(14-12-20)28(15-8-16-28)31-26(32)34-27(2,3)4/h5-7,9-14,17H,8,15-16H2,1-4H3,(H,31,32). The highest BCUT2D eigenvalue weighted by Crippen LogP contribution is 2.43. The monoisotopic (exact) mass is 455 g/mol. The van der Waals surface area contributed by atoms with Crippen LogP contribution in [0.2, 0.25) is 0 Å². The molecular weight excluding hydrogens is 426 g/mol. The van der Waals surface area contributed by atoms with Crippen LogP contribution in [-0.4, -0.2) is 21.7 Å². The van der Waals surface area contributed by atoms with E-state index in [1.54, 1.807) is 6.20 Å². The highest BCUT2D eigenvalue weighted by Gasteiger charge is 2.41. The Morgan fingerprint density at radius 1 is 1.03 bits per heavy atom. The predicted molar refractivity (Wildman–Crippen MR) is 132 cm³/mol. The molecule has 2 aromatic carbocycles. The second-order valence-corrected chi connectivity index (χ2v) is 9.98. The smallest absolute Gasteiger partial charge is 0.408 e. The average Bonchev–Trinajstić information content (AvgIpc) is 3.14. The Hall–Kier alpha value is -3.67. The topological polar surface area (TPSA) is 77.2 Å². The van der Waals surface area contributed by atoms with Gasteiger partial charge in [0.15, 0.2) is 0 Å². The van der Waals surface area contributed by atoms with Gasteiger partial charge >= 0.3 is 6.09 Å². The van der Waals surface area contributed by atoms with Crippen LogP contribution in [0.25, 0.3) is 33.7 Å². The van der Waals surface area contributed by atoms with Gasteiger partial charge in [-0.2, -0.15) is 0 Å². The normalized spacial score (nSPS) is 15.1. The number of benzene rings is 2. The number of hydrogen-bond donors (Lipinski definition) is 1. The van der Waals surface area contributed by atoms with Crippen molar-refractivity contribution in [2.75, 3.05) is 0 Å². The summed E-state index contributed by atoms with van der Waals surface area (Å²) in [4.78, 5) is 21.7. The summed E-state index contributed by atoms with van der Waals surface area (Å²) < 4.78 is 11.7. The molecule has 0 radical (unpaired) electrons. The molecule has 0 aliphatic heterocycles. The zero-order valence-corrected chi connectivity index (χ0v) is 20.0. The number of nitrogens with zero attached hydrogens (tertiary/aromatic N) is 2. The SMILES string of the molecule is Cc1cnc2oc(-c3ccc(C4(NC(=O)OC(C)(C)C)CCC4)cc3)c(-c3ccccc3)c2n1. The highest BCUT2D eigenvalue weighted by molar-refractivity contribution is 5.98. The third-order valence-corrected chi connectivity index (χ3v) is 6.23. The second-order valence-electron chi connectivity index (χ2n) is 9.98. The number of aromatic nitrogens is 2. The van der Waals surface area contributed by atoms with E-state index in [1.807, 2.05) is 58.0 Å². The molecule has 1 aliphatic carbocycles. The number of hydrogen-bond acceptors (Lipinski definition) is 5. The number of amides is 1. The molecule has 0 atom stereocenters. The zero-order valence-electron chi connectivity index (χ0n) is 20.0. The molecule has 2 aromatic heterocycles. The fourth-order valence-electron chi connectivity index (χ4n) is 4.49. The molecular formula is C28H29N3O3. The van der Waals surface area contributed by atoms with Crippen LogP contribution in [0.4, 0.5) is 4.79 Å². The van der Waals surface area contributed by atoms with E-state index in [2.05, 4.69) is 34.6 Å². The number of fused-ring (bicyclic) bond motifs is 1. The first-order valence-electron chi connectivity index (χ1n) is 11.7. The number of ether oxygens (including phenoxy) is 1. The summed E-state index contributed by atoms with van der Waals surface area (Å²) in [5, 5.41) is 3.12. The van der Waals surface area contributed by atoms with Crippen molar-refractivity contribution in [3.05, 3.63) is 72.1 Å². The van der Waals surface area contributed by atoms with Gasteiger partial charge in [-0.15, -0.1) is 0 Å². The number of carbonyl (C=O) groups is 1. The van der Waals surface area contributed by atoms with Crippen molar-refractivity contribution >= 4 is 17.3 Å². The third kappa shape index (κ3) is 4.16. The van der Waals surface area contributed by atoms with E-state index in [4.69, 9.17) is 14.1 Å². The van der Waals surface area contributed by atoms with E-state index in [9.17, 15) is 4.79 Å². The van der Waals surface area contributed by atoms with E-state index in [1.165, 1.54) is 0 Å². The van der Waals surface area contributed by atoms with Crippen molar-refractivity contribution in [3.8, 4) is 22.5 Å². The van der Waals surface area contributed by atoms with E-state index < -0.39 is 11.1 Å². The molecule has 1 fully saturated rings. The molecule has 0 spiro atoms. The lowest BCUT2D eigenvalue weighted by atomic mass is 9.71. The van der Waals surface area contributed by atoms with Crippen molar-refractivity contribution < 1.29 is 13.9 Å². The van der Waals surface area contributed by atoms with Gasteiger partial charge in [0.1, 0.15) is 16.9 Å². The molecule has 0 saturated heterocycles. The Morgan fingerprint density at radius 2 is 1.74 bits per heavy atom. The average molecular weight is 456 g/mol. The first kappa shape index (κ1) is 22.1. The van der Waals surface area contributed by atoms with Crippen molar-refractivity contribution in [1.82, 2.24) is 15.3 Å². The lowest BCUT2D eigenvalue weighted by molar-refractivity contribution is 0.0377. The van der Waals surface area contributed by atoms with Crippen LogP contribution >= 0.6 is 0 Å². The number of nitrogens with one attached hydrogen (secondary N) is 1. The fraction of sp³-hybridized carbons (Fsp3) is 0.321. The van der Waals surface area contributed by atoms with Crippen LogP contribution in [-0.2, 0) is 10.3 Å². The van der Waals surface area contributed by atoms with E-state index in [0.29, 0.717) is 5.71 Å². The summed E-state index contributed by atoms with van der Waals surface area (Å²) in [6.45, 7) is 7.55. The molecule has 0 unspecified atom stereocenters. The molecule has 34 heavy (non-hydrogen) atoms. The Kier molecular flexibility index (Phi) is 5.39. The van der Waals surface area contributed by atoms with Gasteiger partial charge < -0.3 is 14.5 Å². The summed E-state index contributed by atoms with van der Waals surface area (Å²) in [6, 6.07) is 18.3. The van der Waals surface area contributed by atoms with E-state index in [0.717, 1.165) is 58.5 Å². The molecule has 1 aliphatic rings. The maximum absolute atomic E-state index is 12.5. The number of carbonyl (C=O) groups excluding carboxylic acids is 1.